The van der Waals surface area contributed by atoms with Crippen LogP contribution in [0.4, 0.5) is 26.3 Å². The molecule has 1 heterocycles. The van der Waals surface area contributed by atoms with Crippen molar-refractivity contribution in [2.75, 3.05) is 7.05 Å². The predicted octanol–water partition coefficient (Wildman–Crippen LogP) is 2.95. The monoisotopic (exact) mass is 286 g/mol. The first-order chi connectivity index (χ1) is 8.66. The second-order valence-electron chi connectivity index (χ2n) is 4.02. The van der Waals surface area contributed by atoms with Crippen LogP contribution in [0.5, 0.6) is 0 Å². The molecule has 0 saturated heterocycles. The topological polar surface area (TPSA) is 24.9 Å². The van der Waals surface area contributed by atoms with Crippen LogP contribution in [0.3, 0.4) is 0 Å². The number of rotatable bonds is 4. The van der Waals surface area contributed by atoms with E-state index in [1.165, 1.54) is 24.5 Å². The van der Waals surface area contributed by atoms with Gasteiger partial charge < -0.3 is 5.32 Å². The molecule has 1 unspecified atom stereocenters. The van der Waals surface area contributed by atoms with Gasteiger partial charge in [0.05, 0.1) is 0 Å². The van der Waals surface area contributed by atoms with Gasteiger partial charge in [-0.25, -0.2) is 0 Å². The minimum Gasteiger partial charge on any atom is -0.316 e. The molecule has 1 rings (SSSR count). The number of likely N-dealkylation sites (N-methyl/N-ethyl adjacent to an activating group) is 1. The lowest BCUT2D eigenvalue weighted by atomic mass is 9.93. The Morgan fingerprint density at radius 1 is 1.16 bits per heavy atom. The molecular formula is C11H12F6N2. The molecule has 0 amide bonds. The SMILES string of the molecule is CNC(Cc1cccnc1)C(C(F)(F)F)C(F)(F)F. The Balaban J connectivity index is 2.98. The van der Waals surface area contributed by atoms with E-state index in [1.807, 2.05) is 0 Å². The van der Waals surface area contributed by atoms with Crippen molar-refractivity contribution in [3.63, 3.8) is 0 Å². The van der Waals surface area contributed by atoms with Crippen molar-refractivity contribution in [3.8, 4) is 0 Å². The fraction of sp³-hybridized carbons (Fsp3) is 0.545. The third-order valence-corrected chi connectivity index (χ3v) is 2.66. The highest BCUT2D eigenvalue weighted by atomic mass is 19.4. The highest BCUT2D eigenvalue weighted by Crippen LogP contribution is 2.41. The number of aromatic nitrogens is 1. The number of hydrogen-bond donors (Lipinski definition) is 1. The summed E-state index contributed by atoms with van der Waals surface area (Å²) in [5.74, 6) is -3.41. The van der Waals surface area contributed by atoms with Gasteiger partial charge in [0.1, 0.15) is 0 Å². The molecule has 19 heavy (non-hydrogen) atoms. The highest BCUT2D eigenvalue weighted by molar-refractivity contribution is 5.11. The van der Waals surface area contributed by atoms with Gasteiger partial charge in [0.2, 0.25) is 0 Å². The summed E-state index contributed by atoms with van der Waals surface area (Å²) in [5.41, 5.74) is 0.306. The summed E-state index contributed by atoms with van der Waals surface area (Å²) in [5, 5.41) is 2.10. The van der Waals surface area contributed by atoms with Crippen molar-refractivity contribution >= 4 is 0 Å². The van der Waals surface area contributed by atoms with Crippen LogP contribution < -0.4 is 5.32 Å². The Kier molecular flexibility index (Phi) is 4.78. The molecule has 0 bridgehead atoms. The summed E-state index contributed by atoms with van der Waals surface area (Å²) in [7, 11) is 1.07. The van der Waals surface area contributed by atoms with E-state index in [0.29, 0.717) is 5.56 Å². The minimum atomic E-state index is -5.35. The molecule has 0 saturated carbocycles. The Morgan fingerprint density at radius 2 is 1.74 bits per heavy atom. The van der Waals surface area contributed by atoms with Crippen LogP contribution in [0.25, 0.3) is 0 Å². The Hall–Kier alpha value is -1.31. The van der Waals surface area contributed by atoms with E-state index >= 15 is 0 Å². The largest absolute Gasteiger partial charge is 0.402 e. The van der Waals surface area contributed by atoms with E-state index in [9.17, 15) is 26.3 Å². The molecule has 1 atom stereocenters. The summed E-state index contributed by atoms with van der Waals surface area (Å²) in [4.78, 5) is 3.67. The molecule has 0 aliphatic rings. The third kappa shape index (κ3) is 4.38. The quantitative estimate of drug-likeness (QED) is 0.861. The Labute approximate surface area is 105 Å². The van der Waals surface area contributed by atoms with E-state index in [0.717, 1.165) is 7.05 Å². The Morgan fingerprint density at radius 3 is 2.11 bits per heavy atom. The number of alkyl halides is 6. The van der Waals surface area contributed by atoms with Crippen molar-refractivity contribution in [2.24, 2.45) is 5.92 Å². The van der Waals surface area contributed by atoms with Gasteiger partial charge >= 0.3 is 12.4 Å². The number of hydrogen-bond acceptors (Lipinski definition) is 2. The van der Waals surface area contributed by atoms with Crippen molar-refractivity contribution in [3.05, 3.63) is 30.1 Å². The van der Waals surface area contributed by atoms with Gasteiger partial charge in [-0.15, -0.1) is 0 Å². The average Bonchev–Trinajstić information content (AvgIpc) is 2.25. The molecule has 0 fully saturated rings. The Bertz CT molecular complexity index is 372. The molecule has 0 aliphatic carbocycles. The molecule has 2 nitrogen and oxygen atoms in total. The van der Waals surface area contributed by atoms with Crippen molar-refractivity contribution < 1.29 is 26.3 Å². The standard InChI is InChI=1S/C11H12F6N2/c1-18-8(5-7-3-2-4-19-6-7)9(10(12,13)14)11(15,16)17/h2-4,6,8-9,18H,5H2,1H3. The maximum absolute atomic E-state index is 12.6. The van der Waals surface area contributed by atoms with Crippen LogP contribution in [0.2, 0.25) is 0 Å². The molecule has 1 aromatic heterocycles. The van der Waals surface area contributed by atoms with E-state index < -0.39 is 30.7 Å². The van der Waals surface area contributed by atoms with Gasteiger partial charge in [-0.05, 0) is 25.1 Å². The lowest BCUT2D eigenvalue weighted by molar-refractivity contribution is -0.291. The number of nitrogens with zero attached hydrogens (tertiary/aromatic N) is 1. The summed E-state index contributed by atoms with van der Waals surface area (Å²) < 4.78 is 75.5. The van der Waals surface area contributed by atoms with E-state index in [4.69, 9.17) is 0 Å². The van der Waals surface area contributed by atoms with Gasteiger partial charge in [-0.1, -0.05) is 6.07 Å². The zero-order chi connectivity index (χ0) is 14.7. The summed E-state index contributed by atoms with van der Waals surface area (Å²) >= 11 is 0. The first kappa shape index (κ1) is 15.7. The van der Waals surface area contributed by atoms with E-state index in [2.05, 4.69) is 10.3 Å². The van der Waals surface area contributed by atoms with Gasteiger partial charge in [0, 0.05) is 18.4 Å². The van der Waals surface area contributed by atoms with Gasteiger partial charge in [-0.2, -0.15) is 26.3 Å². The number of pyridine rings is 1. The van der Waals surface area contributed by atoms with E-state index in [-0.39, 0.29) is 0 Å². The molecule has 1 aromatic rings. The molecular weight excluding hydrogens is 274 g/mol. The van der Waals surface area contributed by atoms with Gasteiger partial charge in [-0.3, -0.25) is 4.98 Å². The molecule has 108 valence electrons. The molecule has 0 aliphatic heterocycles. The average molecular weight is 286 g/mol. The summed E-state index contributed by atoms with van der Waals surface area (Å²) in [6.45, 7) is 0. The molecule has 0 spiro atoms. The first-order valence-electron chi connectivity index (χ1n) is 5.36. The van der Waals surface area contributed by atoms with Gasteiger partial charge in [0.25, 0.3) is 0 Å². The molecule has 1 N–H and O–H groups in total. The summed E-state index contributed by atoms with van der Waals surface area (Å²) in [6, 6.07) is 1.10. The van der Waals surface area contributed by atoms with Crippen LogP contribution >= 0.6 is 0 Å². The van der Waals surface area contributed by atoms with Crippen molar-refractivity contribution in [2.45, 2.75) is 24.8 Å². The zero-order valence-corrected chi connectivity index (χ0v) is 9.89. The first-order valence-corrected chi connectivity index (χ1v) is 5.36. The second-order valence-corrected chi connectivity index (χ2v) is 4.02. The van der Waals surface area contributed by atoms with Crippen molar-refractivity contribution in [1.29, 1.82) is 0 Å². The maximum Gasteiger partial charge on any atom is 0.402 e. The third-order valence-electron chi connectivity index (χ3n) is 2.66. The number of nitrogens with one attached hydrogen (secondary N) is 1. The highest BCUT2D eigenvalue weighted by Gasteiger charge is 2.59. The van der Waals surface area contributed by atoms with E-state index in [1.54, 1.807) is 0 Å². The smallest absolute Gasteiger partial charge is 0.316 e. The molecule has 0 aromatic carbocycles. The van der Waals surface area contributed by atoms with Crippen LogP contribution in [0.15, 0.2) is 24.5 Å². The maximum atomic E-state index is 12.6. The lowest BCUT2D eigenvalue weighted by Crippen LogP contribution is -2.51. The molecule has 8 heteroatoms. The second kappa shape index (κ2) is 5.77. The van der Waals surface area contributed by atoms with Crippen LogP contribution in [-0.2, 0) is 6.42 Å². The molecule has 0 radical (unpaired) electrons. The normalized spacial score (nSPS) is 14.7. The van der Waals surface area contributed by atoms with Crippen LogP contribution in [0.1, 0.15) is 5.56 Å². The van der Waals surface area contributed by atoms with Crippen molar-refractivity contribution in [1.82, 2.24) is 10.3 Å². The zero-order valence-electron chi connectivity index (χ0n) is 9.89. The lowest BCUT2D eigenvalue weighted by Gasteiger charge is -2.30. The fourth-order valence-electron chi connectivity index (χ4n) is 1.80. The minimum absolute atomic E-state index is 0.306. The van der Waals surface area contributed by atoms with Crippen LogP contribution in [0, 0.1) is 5.92 Å². The number of halogens is 6. The van der Waals surface area contributed by atoms with Gasteiger partial charge in [0.15, 0.2) is 5.92 Å². The summed E-state index contributed by atoms with van der Waals surface area (Å²) in [6.07, 6.45) is -8.48. The fourth-order valence-corrected chi connectivity index (χ4v) is 1.80. The predicted molar refractivity (Wildman–Crippen MR) is 56.4 cm³/mol. The van der Waals surface area contributed by atoms with Crippen LogP contribution in [-0.4, -0.2) is 30.4 Å².